The Bertz CT molecular complexity index is 1200. The Morgan fingerprint density at radius 3 is 2.26 bits per heavy atom. The quantitative estimate of drug-likeness (QED) is 0.168. The van der Waals surface area contributed by atoms with Crippen LogP contribution in [0.25, 0.3) is 0 Å². The Balaban J connectivity index is 0.000000448. The predicted octanol–water partition coefficient (Wildman–Crippen LogP) is -0.242. The lowest BCUT2D eigenvalue weighted by Crippen LogP contribution is -2.45. The number of halogens is 3. The zero-order valence-corrected chi connectivity index (χ0v) is 24.2. The number of fused-ring (bicyclic) bond motifs is 1. The number of amides is 3. The van der Waals surface area contributed by atoms with E-state index >= 15 is 0 Å². The molecular formula is C28H40BF3N6O5. The number of aryl methyl sites for hydroxylation is 1. The van der Waals surface area contributed by atoms with Gasteiger partial charge in [-0.1, -0.05) is 37.3 Å². The van der Waals surface area contributed by atoms with Crippen LogP contribution in [0, 0.1) is 0 Å². The van der Waals surface area contributed by atoms with E-state index in [0.29, 0.717) is 32.8 Å². The molecule has 0 radical (unpaired) electrons. The Kier molecular flexibility index (Phi) is 14.6. The van der Waals surface area contributed by atoms with E-state index in [9.17, 15) is 32.6 Å². The van der Waals surface area contributed by atoms with Crippen LogP contribution in [0.15, 0.2) is 42.5 Å². The second-order valence-corrected chi connectivity index (χ2v) is 9.84. The Labute approximate surface area is 249 Å². The molecule has 0 saturated heterocycles. The van der Waals surface area contributed by atoms with Crippen LogP contribution in [0.3, 0.4) is 0 Å². The summed E-state index contributed by atoms with van der Waals surface area (Å²) in [5, 5.41) is 14.8. The predicted molar refractivity (Wildman–Crippen MR) is 156 cm³/mol. The lowest BCUT2D eigenvalue weighted by atomic mass is 9.79. The first-order valence-corrected chi connectivity index (χ1v) is 13.9. The topological polar surface area (TPSA) is 186 Å². The van der Waals surface area contributed by atoms with Gasteiger partial charge in [-0.05, 0) is 47.1 Å². The van der Waals surface area contributed by atoms with E-state index in [-0.39, 0.29) is 37.7 Å². The molecule has 15 heteroatoms. The molecule has 0 fully saturated rings. The second kappa shape index (κ2) is 17.6. The maximum Gasteiger partial charge on any atom is 0.491 e. The van der Waals surface area contributed by atoms with Crippen molar-refractivity contribution in [3.05, 3.63) is 64.7 Å². The average molecular weight is 608 g/mol. The van der Waals surface area contributed by atoms with E-state index in [2.05, 4.69) is 10.6 Å². The van der Waals surface area contributed by atoms with Crippen molar-refractivity contribution < 1.29 is 37.2 Å². The molecule has 1 atom stereocenters. The molecule has 3 amide bonds. The molecule has 2 aromatic carbocycles. The lowest BCUT2D eigenvalue weighted by molar-refractivity contribution is -0.137. The van der Waals surface area contributed by atoms with E-state index in [1.807, 2.05) is 13.0 Å². The fourth-order valence-corrected chi connectivity index (χ4v) is 4.13. The number of nitrogens with one attached hydrogen (secondary N) is 2. The summed E-state index contributed by atoms with van der Waals surface area (Å²) in [4.78, 5) is 37.8. The van der Waals surface area contributed by atoms with Gasteiger partial charge in [0.15, 0.2) is 0 Å². The number of nitrogens with two attached hydrogens (primary N) is 3. The van der Waals surface area contributed by atoms with Crippen LogP contribution >= 0.6 is 0 Å². The summed E-state index contributed by atoms with van der Waals surface area (Å²) in [7, 11) is -0.905. The van der Waals surface area contributed by atoms with Crippen molar-refractivity contribution in [1.82, 2.24) is 15.5 Å². The van der Waals surface area contributed by atoms with E-state index < -0.39 is 30.8 Å². The molecule has 236 valence electrons. The molecule has 0 aromatic heterocycles. The average Bonchev–Trinajstić information content (AvgIpc) is 3.36. The largest absolute Gasteiger partial charge is 0.491 e. The van der Waals surface area contributed by atoms with Crippen molar-refractivity contribution in [3.8, 4) is 0 Å². The summed E-state index contributed by atoms with van der Waals surface area (Å²) in [6.07, 6.45) is -3.21. The fraction of sp³-hybridized carbons (Fsp3) is 0.464. The molecule has 0 saturated carbocycles. The Morgan fingerprint density at radius 2 is 1.67 bits per heavy atom. The van der Waals surface area contributed by atoms with Crippen LogP contribution in [-0.2, 0) is 44.8 Å². The summed E-state index contributed by atoms with van der Waals surface area (Å²) in [5.41, 5.74) is 19.6. The van der Waals surface area contributed by atoms with Crippen LogP contribution in [0.4, 0.5) is 13.2 Å². The number of benzene rings is 2. The van der Waals surface area contributed by atoms with Gasteiger partial charge in [0.2, 0.25) is 17.7 Å². The summed E-state index contributed by atoms with van der Waals surface area (Å²) in [6.45, 7) is 3.73. The highest BCUT2D eigenvalue weighted by Crippen LogP contribution is 2.29. The van der Waals surface area contributed by atoms with Crippen molar-refractivity contribution in [1.29, 1.82) is 0 Å². The maximum atomic E-state index is 12.2. The molecule has 43 heavy (non-hydrogen) atoms. The van der Waals surface area contributed by atoms with Gasteiger partial charge in [-0.25, -0.2) is 0 Å². The molecule has 0 aliphatic carbocycles. The number of hydrogen-bond donors (Lipinski definition) is 6. The number of carbonyl (C=O) groups excluding carboxylic acids is 3. The highest BCUT2D eigenvalue weighted by molar-refractivity contribution is 6.61. The third-order valence-corrected chi connectivity index (χ3v) is 6.63. The standard InChI is InChI=1S/C19H31BN6O5.C9H9F3/c21-5-7-26(8-6-22)18(28)4-3-16(23)19(29)25-11-17(27)24-10-13-1-2-15-14(9-13)12-31-20(15)30;1-2-7-3-5-8(6-4-7)9(10,11)12/h1-2,9,16,30H,3-8,10-12,21-23H2,(H,24,27)(H,25,29);3-6H,2H2,1H3. The molecular weight excluding hydrogens is 568 g/mol. The van der Waals surface area contributed by atoms with Crippen molar-refractivity contribution in [2.75, 3.05) is 32.7 Å². The Morgan fingerprint density at radius 1 is 1.05 bits per heavy atom. The molecule has 11 nitrogen and oxygen atoms in total. The summed E-state index contributed by atoms with van der Waals surface area (Å²) in [6, 6.07) is 9.73. The number of hydrogen-bond acceptors (Lipinski definition) is 8. The minimum Gasteiger partial charge on any atom is -0.423 e. The third-order valence-electron chi connectivity index (χ3n) is 6.63. The molecule has 1 heterocycles. The van der Waals surface area contributed by atoms with E-state index in [0.717, 1.165) is 40.7 Å². The van der Waals surface area contributed by atoms with Gasteiger partial charge in [-0.3, -0.25) is 14.4 Å². The molecule has 0 bridgehead atoms. The van der Waals surface area contributed by atoms with Gasteiger partial charge in [0.1, 0.15) is 0 Å². The van der Waals surface area contributed by atoms with E-state index in [4.69, 9.17) is 21.9 Å². The number of rotatable bonds is 13. The summed E-state index contributed by atoms with van der Waals surface area (Å²) >= 11 is 0. The molecule has 1 aliphatic rings. The highest BCUT2D eigenvalue weighted by atomic mass is 19.4. The SMILES string of the molecule is CCc1ccc(C(F)(F)F)cc1.NCCN(CCN)C(=O)CCC(N)C(=O)NCC(=O)NCc1ccc2c(c1)COB2O. The summed E-state index contributed by atoms with van der Waals surface area (Å²) in [5.74, 6) is -1.04. The summed E-state index contributed by atoms with van der Waals surface area (Å²) < 4.78 is 41.2. The van der Waals surface area contributed by atoms with E-state index in [1.165, 1.54) is 12.1 Å². The van der Waals surface area contributed by atoms with Gasteiger partial charge in [0.25, 0.3) is 0 Å². The Hall–Kier alpha value is -3.50. The number of nitrogens with zero attached hydrogens (tertiary/aromatic N) is 1. The first kappa shape index (κ1) is 35.7. The highest BCUT2D eigenvalue weighted by Gasteiger charge is 2.30. The third kappa shape index (κ3) is 12.0. The molecule has 2 aromatic rings. The van der Waals surface area contributed by atoms with E-state index in [1.54, 1.807) is 17.0 Å². The molecule has 1 unspecified atom stereocenters. The fourth-order valence-electron chi connectivity index (χ4n) is 4.13. The van der Waals surface area contributed by atoms with Crippen molar-refractivity contribution in [2.45, 2.75) is 51.6 Å². The minimum atomic E-state index is -4.22. The molecule has 0 spiro atoms. The van der Waals surface area contributed by atoms with Gasteiger partial charge in [0.05, 0.1) is 24.8 Å². The smallest absolute Gasteiger partial charge is 0.423 e. The first-order valence-electron chi connectivity index (χ1n) is 13.9. The lowest BCUT2D eigenvalue weighted by Gasteiger charge is -2.22. The number of alkyl halides is 3. The molecule has 9 N–H and O–H groups in total. The van der Waals surface area contributed by atoms with Gasteiger partial charge >= 0.3 is 13.3 Å². The minimum absolute atomic E-state index is 0.0948. The first-order chi connectivity index (χ1) is 20.4. The van der Waals surface area contributed by atoms with Crippen LogP contribution in [-0.4, -0.2) is 73.5 Å². The van der Waals surface area contributed by atoms with Crippen LogP contribution in [0.1, 0.15) is 42.0 Å². The van der Waals surface area contributed by atoms with Crippen molar-refractivity contribution >= 4 is 30.3 Å². The van der Waals surface area contributed by atoms with Crippen molar-refractivity contribution in [3.63, 3.8) is 0 Å². The van der Waals surface area contributed by atoms with Gasteiger partial charge < -0.3 is 42.4 Å². The van der Waals surface area contributed by atoms with Crippen molar-refractivity contribution in [2.24, 2.45) is 17.2 Å². The number of carbonyl (C=O) groups is 3. The zero-order chi connectivity index (χ0) is 32.0. The second-order valence-electron chi connectivity index (χ2n) is 9.84. The van der Waals surface area contributed by atoms with Crippen LogP contribution < -0.4 is 33.3 Å². The monoisotopic (exact) mass is 608 g/mol. The zero-order valence-electron chi connectivity index (χ0n) is 24.2. The normalized spacial score (nSPS) is 13.0. The van der Waals surface area contributed by atoms with Crippen LogP contribution in [0.5, 0.6) is 0 Å². The van der Waals surface area contributed by atoms with Crippen LogP contribution in [0.2, 0.25) is 0 Å². The van der Waals surface area contributed by atoms with Gasteiger partial charge in [0, 0.05) is 39.1 Å². The van der Waals surface area contributed by atoms with Gasteiger partial charge in [-0.15, -0.1) is 0 Å². The molecule has 3 rings (SSSR count). The van der Waals surface area contributed by atoms with Gasteiger partial charge in [-0.2, -0.15) is 13.2 Å². The molecule has 1 aliphatic heterocycles. The maximum absolute atomic E-state index is 12.2.